The third-order valence-electron chi connectivity index (χ3n) is 3.44. The molecule has 2 aromatic rings. The lowest BCUT2D eigenvalue weighted by atomic mass is 10.1. The van der Waals surface area contributed by atoms with Gasteiger partial charge in [-0.25, -0.2) is 0 Å². The van der Waals surface area contributed by atoms with Gasteiger partial charge in [-0.05, 0) is 30.7 Å². The van der Waals surface area contributed by atoms with Crippen molar-refractivity contribution < 1.29 is 9.59 Å². The van der Waals surface area contributed by atoms with E-state index in [9.17, 15) is 9.59 Å². The number of unbranched alkanes of at least 4 members (excludes halogenated alkanes) is 1. The predicted molar refractivity (Wildman–Crippen MR) is 89.2 cm³/mol. The maximum absolute atomic E-state index is 12.6. The second kappa shape index (κ2) is 8.13. The van der Waals surface area contributed by atoms with Crippen LogP contribution in [-0.2, 0) is 9.59 Å². The van der Waals surface area contributed by atoms with Crippen LogP contribution < -0.4 is 4.90 Å². The van der Waals surface area contributed by atoms with E-state index in [-0.39, 0.29) is 18.1 Å². The molecule has 0 saturated heterocycles. The fourth-order valence-corrected chi connectivity index (χ4v) is 2.30. The summed E-state index contributed by atoms with van der Waals surface area (Å²) in [6, 6.07) is 18.9. The van der Waals surface area contributed by atoms with Crippen molar-refractivity contribution in [2.45, 2.75) is 32.6 Å². The van der Waals surface area contributed by atoms with E-state index in [1.807, 2.05) is 67.6 Å². The molecular formula is C19H21NO2. The Bertz CT molecular complexity index is 568. The number of hydrogen-bond donors (Lipinski definition) is 0. The van der Waals surface area contributed by atoms with Gasteiger partial charge < -0.3 is 0 Å². The molecule has 3 heteroatoms. The predicted octanol–water partition coefficient (Wildman–Crippen LogP) is 4.50. The Kier molecular flexibility index (Phi) is 5.90. The highest BCUT2D eigenvalue weighted by Gasteiger charge is 2.20. The first kappa shape index (κ1) is 16.0. The first-order valence-electron chi connectivity index (χ1n) is 7.67. The topological polar surface area (TPSA) is 37.4 Å². The van der Waals surface area contributed by atoms with Gasteiger partial charge in [-0.15, -0.1) is 0 Å². The van der Waals surface area contributed by atoms with Crippen molar-refractivity contribution in [1.82, 2.24) is 0 Å². The van der Waals surface area contributed by atoms with Crippen LogP contribution in [0.1, 0.15) is 32.6 Å². The van der Waals surface area contributed by atoms with E-state index in [2.05, 4.69) is 0 Å². The zero-order chi connectivity index (χ0) is 15.8. The smallest absolute Gasteiger partial charge is 0.238 e. The van der Waals surface area contributed by atoms with Crippen LogP contribution >= 0.6 is 0 Å². The fourth-order valence-electron chi connectivity index (χ4n) is 2.30. The number of nitrogens with zero attached hydrogens (tertiary/aromatic N) is 1. The third kappa shape index (κ3) is 4.29. The van der Waals surface area contributed by atoms with Gasteiger partial charge in [-0.3, -0.25) is 14.5 Å². The molecule has 0 spiro atoms. The zero-order valence-corrected chi connectivity index (χ0v) is 12.9. The summed E-state index contributed by atoms with van der Waals surface area (Å²) < 4.78 is 0. The first-order chi connectivity index (χ1) is 10.7. The van der Waals surface area contributed by atoms with Crippen molar-refractivity contribution in [3.05, 3.63) is 60.7 Å². The molecule has 114 valence electrons. The molecule has 0 aliphatic carbocycles. The van der Waals surface area contributed by atoms with Crippen LogP contribution in [0.4, 0.5) is 11.4 Å². The summed E-state index contributed by atoms with van der Waals surface area (Å²) >= 11 is 0. The molecule has 0 radical (unpaired) electrons. The number of carbonyl (C=O) groups excluding carboxylic acids is 2. The van der Waals surface area contributed by atoms with Crippen molar-refractivity contribution >= 4 is 23.1 Å². The Balaban J connectivity index is 2.22. The molecule has 22 heavy (non-hydrogen) atoms. The van der Waals surface area contributed by atoms with Crippen LogP contribution in [0.2, 0.25) is 0 Å². The van der Waals surface area contributed by atoms with E-state index in [0.29, 0.717) is 6.42 Å². The largest absolute Gasteiger partial charge is 0.299 e. The molecule has 0 fully saturated rings. The third-order valence-corrected chi connectivity index (χ3v) is 3.44. The second-order valence-electron chi connectivity index (χ2n) is 5.22. The van der Waals surface area contributed by atoms with Gasteiger partial charge in [-0.2, -0.15) is 0 Å². The average Bonchev–Trinajstić information content (AvgIpc) is 2.55. The molecule has 0 aromatic heterocycles. The van der Waals surface area contributed by atoms with Crippen molar-refractivity contribution in [3.8, 4) is 0 Å². The second-order valence-corrected chi connectivity index (χ2v) is 5.22. The van der Waals surface area contributed by atoms with Gasteiger partial charge in [0.15, 0.2) is 0 Å². The summed E-state index contributed by atoms with van der Waals surface area (Å²) in [6.45, 7) is 2.04. The quantitative estimate of drug-likeness (QED) is 0.705. The molecule has 0 unspecified atom stereocenters. The highest BCUT2D eigenvalue weighted by molar-refractivity contribution is 6.09. The molecule has 0 aliphatic heterocycles. The van der Waals surface area contributed by atoms with E-state index in [1.54, 1.807) is 4.90 Å². The van der Waals surface area contributed by atoms with Crippen LogP contribution in [0.5, 0.6) is 0 Å². The number of ketones is 1. The summed E-state index contributed by atoms with van der Waals surface area (Å²) in [7, 11) is 0. The van der Waals surface area contributed by atoms with Gasteiger partial charge >= 0.3 is 0 Å². The molecule has 0 N–H and O–H groups in total. The highest BCUT2D eigenvalue weighted by atomic mass is 16.2. The summed E-state index contributed by atoms with van der Waals surface area (Å²) in [5.41, 5.74) is 1.56. The van der Waals surface area contributed by atoms with Gasteiger partial charge in [0.1, 0.15) is 5.78 Å². The minimum absolute atomic E-state index is 0.00344. The van der Waals surface area contributed by atoms with Crippen molar-refractivity contribution in [2.24, 2.45) is 0 Å². The van der Waals surface area contributed by atoms with Gasteiger partial charge in [0, 0.05) is 17.8 Å². The molecule has 0 saturated carbocycles. The SMILES string of the molecule is CCCCC(=O)CC(=O)N(c1ccccc1)c1ccccc1. The zero-order valence-electron chi connectivity index (χ0n) is 12.9. The summed E-state index contributed by atoms with van der Waals surface area (Å²) in [6.07, 6.45) is 2.22. The van der Waals surface area contributed by atoms with Crippen molar-refractivity contribution in [1.29, 1.82) is 0 Å². The molecule has 0 heterocycles. The molecule has 0 aliphatic rings. The number of rotatable bonds is 7. The molecule has 1 amide bonds. The van der Waals surface area contributed by atoms with Crippen LogP contribution in [0.3, 0.4) is 0 Å². The summed E-state index contributed by atoms with van der Waals surface area (Å²) in [5, 5.41) is 0. The Morgan fingerprint density at radius 1 is 0.864 bits per heavy atom. The number of carbonyl (C=O) groups is 2. The number of hydrogen-bond acceptors (Lipinski definition) is 2. The monoisotopic (exact) mass is 295 g/mol. The Morgan fingerprint density at radius 3 is 1.82 bits per heavy atom. The molecule has 0 bridgehead atoms. The fraction of sp³-hybridized carbons (Fsp3) is 0.263. The molecule has 2 rings (SSSR count). The van der Waals surface area contributed by atoms with E-state index < -0.39 is 0 Å². The lowest BCUT2D eigenvalue weighted by Crippen LogP contribution is -2.27. The maximum Gasteiger partial charge on any atom is 0.238 e. The highest BCUT2D eigenvalue weighted by Crippen LogP contribution is 2.26. The number of amides is 1. The van der Waals surface area contributed by atoms with E-state index in [1.165, 1.54) is 0 Å². The summed E-state index contributed by atoms with van der Waals surface area (Å²) in [4.78, 5) is 26.2. The van der Waals surface area contributed by atoms with Crippen molar-refractivity contribution in [2.75, 3.05) is 4.90 Å². The Morgan fingerprint density at radius 2 is 1.36 bits per heavy atom. The van der Waals surface area contributed by atoms with Crippen LogP contribution in [0, 0.1) is 0 Å². The van der Waals surface area contributed by atoms with Crippen molar-refractivity contribution in [3.63, 3.8) is 0 Å². The number of anilines is 2. The molecule has 3 nitrogen and oxygen atoms in total. The van der Waals surface area contributed by atoms with E-state index in [0.717, 1.165) is 24.2 Å². The number of para-hydroxylation sites is 2. The minimum atomic E-state index is -0.182. The number of Topliss-reactive ketones (excluding diaryl/α,β-unsaturated/α-hetero) is 1. The Labute approximate surface area is 131 Å². The average molecular weight is 295 g/mol. The maximum atomic E-state index is 12.6. The van der Waals surface area contributed by atoms with E-state index >= 15 is 0 Å². The van der Waals surface area contributed by atoms with Gasteiger partial charge in [-0.1, -0.05) is 49.7 Å². The van der Waals surface area contributed by atoms with Gasteiger partial charge in [0.2, 0.25) is 5.91 Å². The van der Waals surface area contributed by atoms with Gasteiger partial charge in [0.25, 0.3) is 0 Å². The molecule has 2 aromatic carbocycles. The van der Waals surface area contributed by atoms with Crippen LogP contribution in [-0.4, -0.2) is 11.7 Å². The summed E-state index contributed by atoms with van der Waals surface area (Å²) in [5.74, 6) is -0.179. The van der Waals surface area contributed by atoms with Gasteiger partial charge in [0.05, 0.1) is 6.42 Å². The standard InChI is InChI=1S/C19H21NO2/c1-2-3-14-18(21)15-19(22)20(16-10-6-4-7-11-16)17-12-8-5-9-13-17/h4-13H,2-3,14-15H2,1H3. The van der Waals surface area contributed by atoms with Crippen LogP contribution in [0.25, 0.3) is 0 Å². The van der Waals surface area contributed by atoms with E-state index in [4.69, 9.17) is 0 Å². The lowest BCUT2D eigenvalue weighted by Gasteiger charge is -2.22. The first-order valence-corrected chi connectivity index (χ1v) is 7.67. The minimum Gasteiger partial charge on any atom is -0.299 e. The normalized spacial score (nSPS) is 10.2. The van der Waals surface area contributed by atoms with Crippen LogP contribution in [0.15, 0.2) is 60.7 Å². The molecule has 0 atom stereocenters. The lowest BCUT2D eigenvalue weighted by molar-refractivity contribution is -0.126. The number of benzene rings is 2. The Hall–Kier alpha value is -2.42. The molecular weight excluding hydrogens is 274 g/mol.